The summed E-state index contributed by atoms with van der Waals surface area (Å²) in [5.41, 5.74) is 4.76. The first-order valence-corrected chi connectivity index (χ1v) is 9.46. The van der Waals surface area contributed by atoms with Gasteiger partial charge < -0.3 is 15.3 Å². The molecule has 0 fully saturated rings. The van der Waals surface area contributed by atoms with Crippen LogP contribution in [0.3, 0.4) is 0 Å². The van der Waals surface area contributed by atoms with E-state index in [-0.39, 0.29) is 11.7 Å². The minimum absolute atomic E-state index is 0.127. The third kappa shape index (κ3) is 3.56. The number of nitrogens with zero attached hydrogens (tertiary/aromatic N) is 2. The van der Waals surface area contributed by atoms with Crippen LogP contribution < -0.4 is 10.2 Å². The molecule has 0 spiro atoms. The number of carbonyl (C=O) groups is 1. The fraction of sp³-hybridized carbons (Fsp3) is 0.217. The van der Waals surface area contributed by atoms with E-state index in [9.17, 15) is 9.90 Å². The first-order chi connectivity index (χ1) is 13.6. The number of nitrogens with one attached hydrogen (secondary N) is 1. The van der Waals surface area contributed by atoms with Gasteiger partial charge in [-0.3, -0.25) is 4.79 Å². The molecule has 1 aliphatic heterocycles. The number of anilines is 1. The van der Waals surface area contributed by atoms with E-state index in [4.69, 9.17) is 0 Å². The molecular formula is C23H23N3O2. The molecule has 1 amide bonds. The van der Waals surface area contributed by atoms with Crippen LogP contribution in [0.25, 0.3) is 0 Å². The number of aromatic hydroxyl groups is 1. The lowest BCUT2D eigenvalue weighted by Crippen LogP contribution is -2.33. The third-order valence-corrected chi connectivity index (χ3v) is 5.29. The molecule has 5 nitrogen and oxygen atoms in total. The highest BCUT2D eigenvalue weighted by molar-refractivity contribution is 5.96. The third-order valence-electron chi connectivity index (χ3n) is 5.29. The SMILES string of the molecule is Cc1c(O)cccc1C(=O)NCc1cccnc1N1CCc2ccccc2C1. The van der Waals surface area contributed by atoms with E-state index in [1.165, 1.54) is 11.1 Å². The average Bonchev–Trinajstić information content (AvgIpc) is 2.74. The number of hydrogen-bond donors (Lipinski definition) is 2. The highest BCUT2D eigenvalue weighted by Crippen LogP contribution is 2.26. The van der Waals surface area contributed by atoms with E-state index in [0.29, 0.717) is 17.7 Å². The molecular weight excluding hydrogens is 350 g/mol. The maximum absolute atomic E-state index is 12.6. The Bertz CT molecular complexity index is 1020. The van der Waals surface area contributed by atoms with Gasteiger partial charge in [0.15, 0.2) is 0 Å². The van der Waals surface area contributed by atoms with Gasteiger partial charge in [-0.2, -0.15) is 0 Å². The lowest BCUT2D eigenvalue weighted by atomic mass is 9.99. The highest BCUT2D eigenvalue weighted by Gasteiger charge is 2.20. The van der Waals surface area contributed by atoms with Crippen molar-refractivity contribution in [1.82, 2.24) is 10.3 Å². The number of pyridine rings is 1. The van der Waals surface area contributed by atoms with Gasteiger partial charge in [-0.25, -0.2) is 4.98 Å². The van der Waals surface area contributed by atoms with Crippen molar-refractivity contribution in [1.29, 1.82) is 0 Å². The Kier molecular flexibility index (Phi) is 4.98. The van der Waals surface area contributed by atoms with Crippen molar-refractivity contribution in [2.75, 3.05) is 11.4 Å². The van der Waals surface area contributed by atoms with Gasteiger partial charge in [0.05, 0.1) is 0 Å². The molecule has 0 saturated heterocycles. The number of phenols is 1. The van der Waals surface area contributed by atoms with Crippen molar-refractivity contribution in [3.05, 3.63) is 88.6 Å². The monoisotopic (exact) mass is 373 g/mol. The fourth-order valence-corrected chi connectivity index (χ4v) is 3.67. The second-order valence-corrected chi connectivity index (χ2v) is 7.06. The summed E-state index contributed by atoms with van der Waals surface area (Å²) in [6, 6.07) is 17.4. The molecule has 28 heavy (non-hydrogen) atoms. The Balaban J connectivity index is 1.51. The molecule has 5 heteroatoms. The summed E-state index contributed by atoms with van der Waals surface area (Å²) < 4.78 is 0. The molecule has 0 bridgehead atoms. The fourth-order valence-electron chi connectivity index (χ4n) is 3.67. The minimum Gasteiger partial charge on any atom is -0.508 e. The number of hydrogen-bond acceptors (Lipinski definition) is 4. The van der Waals surface area contributed by atoms with Crippen molar-refractivity contribution >= 4 is 11.7 Å². The molecule has 0 radical (unpaired) electrons. The Hall–Kier alpha value is -3.34. The maximum Gasteiger partial charge on any atom is 0.251 e. The molecule has 1 aromatic heterocycles. The lowest BCUT2D eigenvalue weighted by Gasteiger charge is -2.31. The summed E-state index contributed by atoms with van der Waals surface area (Å²) in [5.74, 6) is 0.832. The van der Waals surface area contributed by atoms with Gasteiger partial charge in [-0.15, -0.1) is 0 Å². The van der Waals surface area contributed by atoms with Crippen LogP contribution in [0, 0.1) is 6.92 Å². The van der Waals surface area contributed by atoms with Crippen LogP contribution in [0.15, 0.2) is 60.8 Å². The summed E-state index contributed by atoms with van der Waals surface area (Å²) in [4.78, 5) is 19.4. The predicted octanol–water partition coefficient (Wildman–Crippen LogP) is 3.59. The van der Waals surface area contributed by atoms with Crippen LogP contribution in [0.4, 0.5) is 5.82 Å². The molecule has 2 heterocycles. The summed E-state index contributed by atoms with van der Waals surface area (Å²) in [7, 11) is 0. The number of aromatic nitrogens is 1. The van der Waals surface area contributed by atoms with Crippen molar-refractivity contribution < 1.29 is 9.90 Å². The lowest BCUT2D eigenvalue weighted by molar-refractivity contribution is 0.0950. The van der Waals surface area contributed by atoms with Crippen LogP contribution in [0.1, 0.15) is 32.6 Å². The summed E-state index contributed by atoms with van der Waals surface area (Å²) >= 11 is 0. The van der Waals surface area contributed by atoms with E-state index in [1.54, 1.807) is 31.3 Å². The predicted molar refractivity (Wildman–Crippen MR) is 109 cm³/mol. The zero-order chi connectivity index (χ0) is 19.5. The summed E-state index contributed by atoms with van der Waals surface area (Å²) in [5, 5.41) is 12.8. The quantitative estimate of drug-likeness (QED) is 0.734. The zero-order valence-corrected chi connectivity index (χ0v) is 15.9. The van der Waals surface area contributed by atoms with Crippen LogP contribution in [0.5, 0.6) is 5.75 Å². The van der Waals surface area contributed by atoms with Gasteiger partial charge in [-0.1, -0.05) is 36.4 Å². The summed E-state index contributed by atoms with van der Waals surface area (Å²) in [6.45, 7) is 3.85. The maximum atomic E-state index is 12.6. The van der Waals surface area contributed by atoms with Gasteiger partial charge in [0, 0.05) is 42.5 Å². The topological polar surface area (TPSA) is 65.5 Å². The van der Waals surface area contributed by atoms with Crippen LogP contribution in [-0.4, -0.2) is 22.5 Å². The van der Waals surface area contributed by atoms with Gasteiger partial charge >= 0.3 is 0 Å². The summed E-state index contributed by atoms with van der Waals surface area (Å²) in [6.07, 6.45) is 2.78. The minimum atomic E-state index is -0.202. The van der Waals surface area contributed by atoms with Crippen molar-refractivity contribution in [2.24, 2.45) is 0 Å². The zero-order valence-electron chi connectivity index (χ0n) is 15.9. The van der Waals surface area contributed by atoms with Crippen molar-refractivity contribution in [3.63, 3.8) is 0 Å². The smallest absolute Gasteiger partial charge is 0.251 e. The van der Waals surface area contributed by atoms with E-state index < -0.39 is 0 Å². The molecule has 0 unspecified atom stereocenters. The highest BCUT2D eigenvalue weighted by atomic mass is 16.3. The number of benzene rings is 2. The largest absolute Gasteiger partial charge is 0.508 e. The number of phenolic OH excluding ortho intramolecular Hbond substituents is 1. The van der Waals surface area contributed by atoms with Crippen LogP contribution in [0.2, 0.25) is 0 Å². The van der Waals surface area contributed by atoms with E-state index in [0.717, 1.165) is 30.9 Å². The molecule has 0 saturated carbocycles. The Morgan fingerprint density at radius 2 is 1.93 bits per heavy atom. The first-order valence-electron chi connectivity index (χ1n) is 9.46. The second kappa shape index (κ2) is 7.72. The molecule has 0 atom stereocenters. The van der Waals surface area contributed by atoms with Gasteiger partial charge in [-0.05, 0) is 42.7 Å². The molecule has 1 aliphatic rings. The van der Waals surface area contributed by atoms with Crippen LogP contribution in [-0.2, 0) is 19.5 Å². The normalized spacial score (nSPS) is 13.1. The van der Waals surface area contributed by atoms with Crippen molar-refractivity contribution in [2.45, 2.75) is 26.4 Å². The number of amides is 1. The molecule has 0 aliphatic carbocycles. The number of fused-ring (bicyclic) bond motifs is 1. The Morgan fingerprint density at radius 1 is 1.11 bits per heavy atom. The Morgan fingerprint density at radius 3 is 2.79 bits per heavy atom. The first kappa shape index (κ1) is 18.0. The van der Waals surface area contributed by atoms with E-state index in [2.05, 4.69) is 39.5 Å². The molecule has 2 N–H and O–H groups in total. The van der Waals surface area contributed by atoms with Gasteiger partial charge in [0.1, 0.15) is 11.6 Å². The van der Waals surface area contributed by atoms with Gasteiger partial charge in [0.2, 0.25) is 0 Å². The number of carbonyl (C=O) groups excluding carboxylic acids is 1. The number of rotatable bonds is 4. The van der Waals surface area contributed by atoms with Gasteiger partial charge in [0.25, 0.3) is 5.91 Å². The van der Waals surface area contributed by atoms with Crippen molar-refractivity contribution in [3.8, 4) is 5.75 Å². The molecule has 4 rings (SSSR count). The molecule has 142 valence electrons. The van der Waals surface area contributed by atoms with Crippen LogP contribution >= 0.6 is 0 Å². The Labute approximate surface area is 164 Å². The molecule has 3 aromatic rings. The standard InChI is InChI=1S/C23H23N3O2/c1-16-20(9-4-10-21(16)27)23(28)25-14-18-8-5-12-24-22(18)26-13-11-17-6-2-3-7-19(17)15-26/h2-10,12,27H,11,13-15H2,1H3,(H,25,28). The molecule has 2 aromatic carbocycles. The average molecular weight is 373 g/mol. The van der Waals surface area contributed by atoms with E-state index >= 15 is 0 Å². The second-order valence-electron chi connectivity index (χ2n) is 7.06. The van der Waals surface area contributed by atoms with E-state index in [1.807, 2.05) is 12.1 Å².